The summed E-state index contributed by atoms with van der Waals surface area (Å²) >= 11 is 0. The smallest absolute Gasteiger partial charge is 0.243 e. The molecule has 35 heavy (non-hydrogen) atoms. The van der Waals surface area contributed by atoms with E-state index in [1.165, 1.54) is 35.5 Å². The van der Waals surface area contributed by atoms with Gasteiger partial charge in [0.05, 0.1) is 17.5 Å². The fourth-order valence-electron chi connectivity index (χ4n) is 4.32. The first-order chi connectivity index (χ1) is 16.8. The van der Waals surface area contributed by atoms with E-state index in [1.807, 2.05) is 53.1 Å². The minimum Gasteiger partial charge on any atom is -0.396 e. The fourth-order valence-corrected chi connectivity index (χ4v) is 5.84. The van der Waals surface area contributed by atoms with E-state index in [0.717, 1.165) is 21.8 Å². The third-order valence-electron chi connectivity index (χ3n) is 5.87. The Morgan fingerprint density at radius 2 is 1.54 bits per heavy atom. The monoisotopic (exact) mass is 495 g/mol. The fraction of sp³-hybridized carbons (Fsp3) is 0.269. The number of anilines is 1. The molecule has 3 N–H and O–H groups in total. The van der Waals surface area contributed by atoms with Crippen LogP contribution in [0.25, 0.3) is 21.8 Å². The molecule has 1 unspecified atom stereocenters. The van der Waals surface area contributed by atoms with E-state index in [9.17, 15) is 23.4 Å². The first-order valence-electron chi connectivity index (χ1n) is 11.4. The highest BCUT2D eigenvalue weighted by molar-refractivity contribution is 7.89. The lowest BCUT2D eigenvalue weighted by atomic mass is 10.2. The first-order valence-corrected chi connectivity index (χ1v) is 12.9. The van der Waals surface area contributed by atoms with Crippen molar-refractivity contribution in [1.29, 1.82) is 0 Å². The minimum atomic E-state index is -3.94. The highest BCUT2D eigenvalue weighted by atomic mass is 32.2. The van der Waals surface area contributed by atoms with Gasteiger partial charge in [0.1, 0.15) is 0 Å². The number of para-hydroxylation sites is 2. The molecule has 8 nitrogen and oxygen atoms in total. The van der Waals surface area contributed by atoms with E-state index in [1.54, 1.807) is 0 Å². The number of fused-ring (bicyclic) bond motifs is 3. The second-order valence-electron chi connectivity index (χ2n) is 8.44. The molecule has 1 aromatic heterocycles. The van der Waals surface area contributed by atoms with Crippen molar-refractivity contribution < 1.29 is 23.4 Å². The lowest BCUT2D eigenvalue weighted by molar-refractivity contribution is -0.114. The summed E-state index contributed by atoms with van der Waals surface area (Å²) in [5, 5.41) is 25.1. The summed E-state index contributed by atoms with van der Waals surface area (Å²) in [4.78, 5) is 11.3. The number of amides is 1. The Labute approximate surface area is 204 Å². The molecule has 0 aliphatic rings. The topological polar surface area (TPSA) is 112 Å². The van der Waals surface area contributed by atoms with Crippen LogP contribution in [0.5, 0.6) is 0 Å². The van der Waals surface area contributed by atoms with Crippen LogP contribution in [-0.2, 0) is 21.4 Å². The molecule has 184 valence electrons. The van der Waals surface area contributed by atoms with Crippen LogP contribution in [0, 0.1) is 0 Å². The van der Waals surface area contributed by atoms with Gasteiger partial charge in [-0.2, -0.15) is 4.31 Å². The molecule has 0 bridgehead atoms. The van der Waals surface area contributed by atoms with Crippen LogP contribution in [0.3, 0.4) is 0 Å². The van der Waals surface area contributed by atoms with Gasteiger partial charge in [0, 0.05) is 54.1 Å². The highest BCUT2D eigenvalue weighted by Gasteiger charge is 2.27. The van der Waals surface area contributed by atoms with E-state index in [2.05, 4.69) is 5.32 Å². The van der Waals surface area contributed by atoms with Gasteiger partial charge in [-0.3, -0.25) is 4.79 Å². The zero-order valence-corrected chi connectivity index (χ0v) is 20.3. The first kappa shape index (κ1) is 24.9. The number of nitrogens with zero attached hydrogens (tertiary/aromatic N) is 2. The van der Waals surface area contributed by atoms with Gasteiger partial charge in [0.15, 0.2) is 0 Å². The van der Waals surface area contributed by atoms with Gasteiger partial charge in [-0.1, -0.05) is 36.4 Å². The maximum Gasteiger partial charge on any atom is 0.243 e. The largest absolute Gasteiger partial charge is 0.396 e. The van der Waals surface area contributed by atoms with Crippen molar-refractivity contribution in [3.8, 4) is 0 Å². The van der Waals surface area contributed by atoms with Gasteiger partial charge in [0.2, 0.25) is 15.9 Å². The number of benzene rings is 3. The van der Waals surface area contributed by atoms with Crippen LogP contribution in [-0.4, -0.2) is 59.2 Å². The molecule has 0 fully saturated rings. The van der Waals surface area contributed by atoms with Crippen molar-refractivity contribution in [3.05, 3.63) is 72.8 Å². The quantitative estimate of drug-likeness (QED) is 0.313. The molecule has 1 amide bonds. The van der Waals surface area contributed by atoms with E-state index in [4.69, 9.17) is 0 Å². The Kier molecular flexibility index (Phi) is 7.51. The van der Waals surface area contributed by atoms with Crippen LogP contribution in [0.4, 0.5) is 5.69 Å². The summed E-state index contributed by atoms with van der Waals surface area (Å²) in [5.74, 6) is -0.252. The van der Waals surface area contributed by atoms with E-state index in [-0.39, 0.29) is 43.5 Å². The van der Waals surface area contributed by atoms with Crippen LogP contribution in [0.1, 0.15) is 13.3 Å². The highest BCUT2D eigenvalue weighted by Crippen LogP contribution is 2.29. The molecule has 0 aliphatic carbocycles. The second-order valence-corrected chi connectivity index (χ2v) is 10.4. The van der Waals surface area contributed by atoms with E-state index >= 15 is 0 Å². The molecule has 0 aliphatic heterocycles. The molecule has 1 heterocycles. The molecular weight excluding hydrogens is 466 g/mol. The van der Waals surface area contributed by atoms with Gasteiger partial charge >= 0.3 is 0 Å². The van der Waals surface area contributed by atoms with Gasteiger partial charge in [0.25, 0.3) is 0 Å². The molecular formula is C26H29N3O5S. The standard InChI is InChI=1S/C26H29N3O5S/c1-19(31)27-20-11-13-22(14-12-20)35(33,34)28(15-6-16-30)17-21(32)18-29-25-9-4-2-7-23(25)24-8-3-5-10-26(24)29/h2-5,7-14,21,30,32H,6,15-18H2,1H3,(H,27,31). The number of rotatable bonds is 10. The van der Waals surface area contributed by atoms with Crippen molar-refractivity contribution >= 4 is 43.4 Å². The molecule has 1 atom stereocenters. The average molecular weight is 496 g/mol. The molecule has 0 spiro atoms. The summed E-state index contributed by atoms with van der Waals surface area (Å²) < 4.78 is 30.0. The Balaban J connectivity index is 1.60. The Hall–Kier alpha value is -3.24. The van der Waals surface area contributed by atoms with Crippen LogP contribution >= 0.6 is 0 Å². The molecule has 3 aromatic carbocycles. The van der Waals surface area contributed by atoms with Crippen molar-refractivity contribution in [2.75, 3.05) is 25.0 Å². The molecule has 0 radical (unpaired) electrons. The molecule has 4 aromatic rings. The van der Waals surface area contributed by atoms with Gasteiger partial charge in [-0.15, -0.1) is 0 Å². The maximum atomic E-state index is 13.4. The van der Waals surface area contributed by atoms with Crippen LogP contribution < -0.4 is 5.32 Å². The molecule has 9 heteroatoms. The summed E-state index contributed by atoms with van der Waals surface area (Å²) in [6.45, 7) is 1.35. The van der Waals surface area contributed by atoms with E-state index in [0.29, 0.717) is 5.69 Å². The predicted octanol–water partition coefficient (Wildman–Crippen LogP) is 3.19. The summed E-state index contributed by atoms with van der Waals surface area (Å²) in [6, 6.07) is 21.7. The number of hydrogen-bond acceptors (Lipinski definition) is 5. The number of nitrogens with one attached hydrogen (secondary N) is 1. The number of carbonyl (C=O) groups is 1. The lowest BCUT2D eigenvalue weighted by Crippen LogP contribution is -2.40. The van der Waals surface area contributed by atoms with Crippen molar-refractivity contribution in [1.82, 2.24) is 8.87 Å². The zero-order chi connectivity index (χ0) is 25.0. The second kappa shape index (κ2) is 10.6. The third-order valence-corrected chi connectivity index (χ3v) is 7.75. The molecule has 0 saturated carbocycles. The van der Waals surface area contributed by atoms with Crippen LogP contribution in [0.2, 0.25) is 0 Å². The number of carbonyl (C=O) groups excluding carboxylic acids is 1. The van der Waals surface area contributed by atoms with Crippen molar-refractivity contribution in [3.63, 3.8) is 0 Å². The van der Waals surface area contributed by atoms with E-state index < -0.39 is 16.1 Å². The predicted molar refractivity (Wildman–Crippen MR) is 137 cm³/mol. The molecule has 4 rings (SSSR count). The summed E-state index contributed by atoms with van der Waals surface area (Å²) in [5.41, 5.74) is 2.42. The number of sulfonamides is 1. The summed E-state index contributed by atoms with van der Waals surface area (Å²) in [7, 11) is -3.94. The van der Waals surface area contributed by atoms with Gasteiger partial charge in [-0.25, -0.2) is 8.42 Å². The Morgan fingerprint density at radius 3 is 2.09 bits per heavy atom. The molecule has 0 saturated heterocycles. The number of aliphatic hydroxyl groups is 2. The average Bonchev–Trinajstić information content (AvgIpc) is 3.15. The maximum absolute atomic E-state index is 13.4. The Morgan fingerprint density at radius 1 is 0.971 bits per heavy atom. The zero-order valence-electron chi connectivity index (χ0n) is 19.5. The van der Waals surface area contributed by atoms with Gasteiger partial charge in [-0.05, 0) is 42.8 Å². The summed E-state index contributed by atoms with van der Waals surface area (Å²) in [6.07, 6.45) is -0.744. The minimum absolute atomic E-state index is 0.0496. The third kappa shape index (κ3) is 5.38. The van der Waals surface area contributed by atoms with Crippen molar-refractivity contribution in [2.45, 2.75) is 30.9 Å². The van der Waals surface area contributed by atoms with Gasteiger partial charge < -0.3 is 20.1 Å². The number of aliphatic hydroxyl groups excluding tert-OH is 2. The lowest BCUT2D eigenvalue weighted by Gasteiger charge is -2.25. The van der Waals surface area contributed by atoms with Crippen LogP contribution in [0.15, 0.2) is 77.7 Å². The number of hydrogen-bond donors (Lipinski definition) is 3. The van der Waals surface area contributed by atoms with Crippen molar-refractivity contribution in [2.24, 2.45) is 0 Å². The normalized spacial score (nSPS) is 12.9. The number of aromatic nitrogens is 1. The SMILES string of the molecule is CC(=O)Nc1ccc(S(=O)(=O)N(CCCO)CC(O)Cn2c3ccccc3c3ccccc32)cc1. The Bertz CT molecular complexity index is 1380.